The van der Waals surface area contributed by atoms with Crippen molar-refractivity contribution in [1.29, 1.82) is 0 Å². The van der Waals surface area contributed by atoms with Crippen LogP contribution in [0.5, 0.6) is 5.75 Å². The minimum atomic E-state index is -3.89. The Morgan fingerprint density at radius 1 is 1.09 bits per heavy atom. The molecule has 0 fully saturated rings. The molecular formula is C19H23Cl2N3O6S2. The van der Waals surface area contributed by atoms with Crippen LogP contribution in [0.15, 0.2) is 41.3 Å². The molecular weight excluding hydrogens is 501 g/mol. The third kappa shape index (κ3) is 6.72. The first-order valence-corrected chi connectivity index (χ1v) is 13.3. The van der Waals surface area contributed by atoms with Gasteiger partial charge in [-0.15, -0.1) is 0 Å². The first kappa shape index (κ1) is 26.2. The first-order chi connectivity index (χ1) is 14.7. The third-order valence-corrected chi connectivity index (χ3v) is 7.33. The van der Waals surface area contributed by atoms with Crippen LogP contribution < -0.4 is 19.1 Å². The highest BCUT2D eigenvalue weighted by Crippen LogP contribution is 2.31. The van der Waals surface area contributed by atoms with Crippen LogP contribution in [-0.4, -0.2) is 48.7 Å². The lowest BCUT2D eigenvalue weighted by molar-refractivity contribution is -0.114. The van der Waals surface area contributed by atoms with Crippen molar-refractivity contribution in [3.8, 4) is 5.75 Å². The maximum atomic E-state index is 12.7. The number of nitrogens with zero attached hydrogens (tertiary/aromatic N) is 1. The number of benzene rings is 2. The Balaban J connectivity index is 2.37. The molecule has 0 unspecified atom stereocenters. The number of carbonyl (C=O) groups excluding carboxylic acids is 1. The smallest absolute Gasteiger partial charge is 0.245 e. The Morgan fingerprint density at radius 2 is 1.75 bits per heavy atom. The lowest BCUT2D eigenvalue weighted by Gasteiger charge is -2.23. The molecule has 0 radical (unpaired) electrons. The fourth-order valence-corrected chi connectivity index (χ4v) is 5.42. The van der Waals surface area contributed by atoms with Gasteiger partial charge in [0.25, 0.3) is 0 Å². The zero-order chi connectivity index (χ0) is 24.3. The number of carbonyl (C=O) groups is 1. The number of halogens is 2. The van der Waals surface area contributed by atoms with Crippen LogP contribution in [-0.2, 0) is 24.8 Å². The summed E-state index contributed by atoms with van der Waals surface area (Å²) in [4.78, 5) is 12.6. The molecule has 32 heavy (non-hydrogen) atoms. The lowest BCUT2D eigenvalue weighted by atomic mass is 10.3. The zero-order valence-corrected chi connectivity index (χ0v) is 20.9. The van der Waals surface area contributed by atoms with Crippen molar-refractivity contribution in [1.82, 2.24) is 4.72 Å². The fraction of sp³-hybridized carbons (Fsp3) is 0.316. The minimum absolute atomic E-state index is 0.0427. The molecule has 0 atom stereocenters. The predicted octanol–water partition coefficient (Wildman–Crippen LogP) is 3.09. The molecule has 0 aromatic heterocycles. The molecule has 9 nitrogen and oxygen atoms in total. The number of nitrogens with one attached hydrogen (secondary N) is 2. The van der Waals surface area contributed by atoms with Crippen molar-refractivity contribution >= 4 is 60.5 Å². The number of amides is 1. The van der Waals surface area contributed by atoms with Gasteiger partial charge in [0.05, 0.1) is 34.7 Å². The van der Waals surface area contributed by atoms with Gasteiger partial charge in [-0.3, -0.25) is 9.10 Å². The maximum absolute atomic E-state index is 12.7. The van der Waals surface area contributed by atoms with Gasteiger partial charge >= 0.3 is 0 Å². The molecule has 0 aliphatic carbocycles. The van der Waals surface area contributed by atoms with Crippen LogP contribution in [0.1, 0.15) is 13.8 Å². The van der Waals surface area contributed by atoms with E-state index in [1.807, 2.05) is 0 Å². The number of anilines is 2. The van der Waals surface area contributed by atoms with Crippen LogP contribution in [0.4, 0.5) is 11.4 Å². The highest BCUT2D eigenvalue weighted by molar-refractivity contribution is 7.92. The molecule has 0 aliphatic rings. The van der Waals surface area contributed by atoms with E-state index in [-0.39, 0.29) is 33.1 Å². The van der Waals surface area contributed by atoms with Crippen LogP contribution >= 0.6 is 23.2 Å². The Kier molecular flexibility index (Phi) is 8.40. The van der Waals surface area contributed by atoms with Crippen molar-refractivity contribution in [3.05, 3.63) is 46.4 Å². The monoisotopic (exact) mass is 523 g/mol. The average molecular weight is 524 g/mol. The molecule has 2 N–H and O–H groups in total. The summed E-state index contributed by atoms with van der Waals surface area (Å²) in [6.07, 6.45) is 0.927. The second kappa shape index (κ2) is 10.3. The van der Waals surface area contributed by atoms with Crippen molar-refractivity contribution in [3.63, 3.8) is 0 Å². The zero-order valence-electron chi connectivity index (χ0n) is 17.7. The molecule has 2 rings (SSSR count). The van der Waals surface area contributed by atoms with E-state index in [0.29, 0.717) is 5.02 Å². The van der Waals surface area contributed by atoms with E-state index in [4.69, 9.17) is 27.9 Å². The highest BCUT2D eigenvalue weighted by Gasteiger charge is 2.24. The summed E-state index contributed by atoms with van der Waals surface area (Å²) in [5.74, 6) is -0.552. The number of sulfonamides is 2. The molecule has 0 spiro atoms. The van der Waals surface area contributed by atoms with E-state index in [0.717, 1.165) is 10.6 Å². The maximum Gasteiger partial charge on any atom is 0.245 e. The second-order valence-electron chi connectivity index (χ2n) is 7.05. The van der Waals surface area contributed by atoms with Crippen LogP contribution in [0.3, 0.4) is 0 Å². The van der Waals surface area contributed by atoms with E-state index in [2.05, 4.69) is 10.0 Å². The van der Waals surface area contributed by atoms with Gasteiger partial charge < -0.3 is 10.1 Å². The first-order valence-electron chi connectivity index (χ1n) is 9.17. The number of hydrogen-bond acceptors (Lipinski definition) is 6. The van der Waals surface area contributed by atoms with E-state index >= 15 is 0 Å². The predicted molar refractivity (Wildman–Crippen MR) is 126 cm³/mol. The molecule has 176 valence electrons. The minimum Gasteiger partial charge on any atom is -0.495 e. The SMILES string of the molecule is COc1ccc(S(=O)(=O)NC(C)C)cc1NC(=O)CN(c1ccc(Cl)cc1Cl)S(C)(=O)=O. The van der Waals surface area contributed by atoms with E-state index in [1.54, 1.807) is 13.8 Å². The number of hydrogen-bond donors (Lipinski definition) is 2. The standard InChI is InChI=1S/C19H23Cl2N3O6S2/c1-12(2)23-32(28,29)14-6-8-18(30-3)16(10-14)22-19(25)11-24(31(4,26)27)17-7-5-13(20)9-15(17)21/h5-10,12,23H,11H2,1-4H3,(H,22,25). The molecule has 13 heteroatoms. The van der Waals surface area contributed by atoms with Gasteiger partial charge in [-0.25, -0.2) is 21.6 Å². The second-order valence-corrected chi connectivity index (χ2v) is 11.5. The highest BCUT2D eigenvalue weighted by atomic mass is 35.5. The summed E-state index contributed by atoms with van der Waals surface area (Å²) >= 11 is 12.0. The fourth-order valence-electron chi connectivity index (χ4n) is 2.72. The lowest BCUT2D eigenvalue weighted by Crippen LogP contribution is -2.37. The Hall–Kier alpha value is -2.05. The number of methoxy groups -OCH3 is 1. The molecule has 0 heterocycles. The van der Waals surface area contributed by atoms with Gasteiger partial charge in [-0.1, -0.05) is 23.2 Å². The van der Waals surface area contributed by atoms with Crippen LogP contribution in [0.2, 0.25) is 10.0 Å². The summed E-state index contributed by atoms with van der Waals surface area (Å²) in [7, 11) is -6.38. The molecule has 1 amide bonds. The molecule has 0 saturated heterocycles. The van der Waals surface area contributed by atoms with E-state index < -0.39 is 32.5 Å². The topological polar surface area (TPSA) is 122 Å². The van der Waals surface area contributed by atoms with Crippen LogP contribution in [0, 0.1) is 0 Å². The summed E-state index contributed by atoms with van der Waals surface area (Å²) in [5.41, 5.74) is 0.123. The Morgan fingerprint density at radius 3 is 2.28 bits per heavy atom. The van der Waals surface area contributed by atoms with Crippen molar-refractivity contribution in [2.24, 2.45) is 0 Å². The van der Waals surface area contributed by atoms with Crippen molar-refractivity contribution in [2.75, 3.05) is 29.5 Å². The molecule has 0 aliphatic heterocycles. The summed E-state index contributed by atoms with van der Waals surface area (Å²) < 4.78 is 58.0. The van der Waals surface area contributed by atoms with Gasteiger partial charge in [0.2, 0.25) is 26.0 Å². The van der Waals surface area contributed by atoms with Gasteiger partial charge in [-0.2, -0.15) is 0 Å². The molecule has 2 aromatic carbocycles. The van der Waals surface area contributed by atoms with Gasteiger partial charge in [0.1, 0.15) is 12.3 Å². The van der Waals surface area contributed by atoms with Crippen LogP contribution in [0.25, 0.3) is 0 Å². The van der Waals surface area contributed by atoms with Crippen molar-refractivity contribution in [2.45, 2.75) is 24.8 Å². The number of rotatable bonds is 9. The summed E-state index contributed by atoms with van der Waals surface area (Å²) in [6.45, 7) is 2.72. The average Bonchev–Trinajstić information content (AvgIpc) is 2.64. The summed E-state index contributed by atoms with van der Waals surface area (Å²) in [5, 5.41) is 2.84. The largest absolute Gasteiger partial charge is 0.495 e. The number of ether oxygens (including phenoxy) is 1. The third-order valence-electron chi connectivity index (χ3n) is 4.01. The van der Waals surface area contributed by atoms with Gasteiger partial charge in [-0.05, 0) is 50.2 Å². The van der Waals surface area contributed by atoms with Crippen molar-refractivity contribution < 1.29 is 26.4 Å². The van der Waals surface area contributed by atoms with E-state index in [9.17, 15) is 21.6 Å². The molecule has 2 aromatic rings. The van der Waals surface area contributed by atoms with Gasteiger partial charge in [0, 0.05) is 11.1 Å². The quantitative estimate of drug-likeness (QED) is 0.520. The van der Waals surface area contributed by atoms with E-state index in [1.165, 1.54) is 43.5 Å². The molecule has 0 saturated carbocycles. The van der Waals surface area contributed by atoms with Gasteiger partial charge in [0.15, 0.2) is 0 Å². The Bertz CT molecular complexity index is 1220. The normalized spacial score (nSPS) is 12.0. The summed E-state index contributed by atoms with van der Waals surface area (Å²) in [6, 6.07) is 7.77. The Labute approximate surface area is 197 Å². The molecule has 0 bridgehead atoms.